The van der Waals surface area contributed by atoms with Crippen molar-refractivity contribution in [3.05, 3.63) is 83.4 Å². The number of carbonyl (C=O) groups is 1. The molecular weight excluding hydrogens is 592 g/mol. The molecule has 2 aromatic carbocycles. The van der Waals surface area contributed by atoms with E-state index >= 15 is 0 Å². The molecule has 1 N–H and O–H groups in total. The van der Waals surface area contributed by atoms with Crippen LogP contribution in [-0.2, 0) is 16.6 Å². The fourth-order valence-corrected chi connectivity index (χ4v) is 6.35. The van der Waals surface area contributed by atoms with Gasteiger partial charge in [-0.05, 0) is 61.9 Å². The highest BCUT2D eigenvalue weighted by Gasteiger charge is 2.32. The van der Waals surface area contributed by atoms with E-state index in [1.165, 1.54) is 12.1 Å². The van der Waals surface area contributed by atoms with Crippen LogP contribution in [0.3, 0.4) is 0 Å². The average molecular weight is 631 g/mol. The van der Waals surface area contributed by atoms with E-state index in [-0.39, 0.29) is 46.8 Å². The summed E-state index contributed by atoms with van der Waals surface area (Å²) >= 11 is 0. The molecule has 1 atom stereocenters. The number of ether oxygens (including phenoxy) is 2. The Hall–Kier alpha value is -4.58. The molecule has 12 heteroatoms. The molecule has 236 valence electrons. The van der Waals surface area contributed by atoms with Gasteiger partial charge in [-0.1, -0.05) is 45.0 Å². The van der Waals surface area contributed by atoms with Crippen LogP contribution in [0, 0.1) is 19.3 Å². The lowest BCUT2D eigenvalue weighted by molar-refractivity contribution is 0.0505. The molecule has 2 aromatic heterocycles. The molecular formula is C33H38N6O5S. The molecule has 0 spiro atoms. The molecule has 3 heterocycles. The SMILES string of the molecule is CCOc1cnc(CN2C(=O)c3cccc(c3)S(=O)(=O)Nc3nc(cc(-c4c(C)cccc4C)n3)OC[C@H]2CC(C)(C)C)nc1. The molecule has 0 unspecified atom stereocenters. The number of hydrogen-bond donors (Lipinski definition) is 1. The summed E-state index contributed by atoms with van der Waals surface area (Å²) in [6.07, 6.45) is 3.71. The molecule has 1 aliphatic rings. The molecule has 4 bridgehead atoms. The molecule has 0 fully saturated rings. The second-order valence-electron chi connectivity index (χ2n) is 12.2. The Balaban J connectivity index is 1.65. The van der Waals surface area contributed by atoms with E-state index in [4.69, 9.17) is 9.47 Å². The Morgan fingerprint density at radius 2 is 1.71 bits per heavy atom. The van der Waals surface area contributed by atoms with E-state index in [0.717, 1.165) is 16.7 Å². The maximum Gasteiger partial charge on any atom is 0.264 e. The summed E-state index contributed by atoms with van der Waals surface area (Å²) in [5.41, 5.74) is 3.30. The first kappa shape index (κ1) is 31.8. The van der Waals surface area contributed by atoms with Crippen molar-refractivity contribution in [2.75, 3.05) is 17.9 Å². The van der Waals surface area contributed by atoms with Crippen molar-refractivity contribution in [1.29, 1.82) is 0 Å². The largest absolute Gasteiger partial charge is 0.491 e. The first-order chi connectivity index (χ1) is 21.3. The third-order valence-electron chi connectivity index (χ3n) is 7.33. The zero-order valence-corrected chi connectivity index (χ0v) is 27.2. The fraction of sp³-hybridized carbons (Fsp3) is 0.364. The minimum Gasteiger partial charge on any atom is -0.491 e. The van der Waals surface area contributed by atoms with Gasteiger partial charge in [0.1, 0.15) is 12.4 Å². The number of amides is 1. The standard InChI is InChI=1S/C33H38N6O5S/c1-7-43-25-17-34-28(35-18-25)19-39-24(16-33(4,5)6)20-44-29-15-27(30-21(2)10-8-11-22(30)3)36-32(37-29)38-45(41,42)26-13-9-12-23(14-26)31(39)40/h8-15,17-18,24H,7,16,19-20H2,1-6H3,(H,36,37,38)/t24-/m1/s1. The molecule has 1 amide bonds. The van der Waals surface area contributed by atoms with E-state index in [0.29, 0.717) is 30.3 Å². The number of aryl methyl sites for hydroxylation is 2. The van der Waals surface area contributed by atoms with Crippen molar-refractivity contribution in [1.82, 2.24) is 24.8 Å². The van der Waals surface area contributed by atoms with E-state index in [2.05, 4.69) is 45.4 Å². The van der Waals surface area contributed by atoms with Gasteiger partial charge in [0.2, 0.25) is 11.8 Å². The summed E-state index contributed by atoms with van der Waals surface area (Å²) in [7, 11) is -4.17. The second-order valence-corrected chi connectivity index (χ2v) is 13.9. The predicted octanol–water partition coefficient (Wildman–Crippen LogP) is 5.59. The number of fused-ring (bicyclic) bond motifs is 4. The molecule has 4 aromatic rings. The molecule has 1 aliphatic heterocycles. The predicted molar refractivity (Wildman–Crippen MR) is 171 cm³/mol. The van der Waals surface area contributed by atoms with Crippen LogP contribution >= 0.6 is 0 Å². The van der Waals surface area contributed by atoms with Gasteiger partial charge in [-0.15, -0.1) is 0 Å². The molecule has 0 saturated heterocycles. The minimum atomic E-state index is -4.17. The summed E-state index contributed by atoms with van der Waals surface area (Å²) in [5.74, 6) is 0.595. The zero-order chi connectivity index (χ0) is 32.4. The third-order valence-corrected chi connectivity index (χ3v) is 8.66. The number of anilines is 1. The lowest BCUT2D eigenvalue weighted by Gasteiger charge is -2.35. The topological polar surface area (TPSA) is 136 Å². The highest BCUT2D eigenvalue weighted by molar-refractivity contribution is 7.92. The number of aromatic nitrogens is 4. The van der Waals surface area contributed by atoms with E-state index in [1.54, 1.807) is 35.5 Å². The molecule has 45 heavy (non-hydrogen) atoms. The van der Waals surface area contributed by atoms with Crippen molar-refractivity contribution in [3.8, 4) is 22.9 Å². The van der Waals surface area contributed by atoms with Crippen molar-refractivity contribution >= 4 is 21.9 Å². The maximum absolute atomic E-state index is 14.2. The van der Waals surface area contributed by atoms with Crippen LogP contribution in [-0.4, -0.2) is 58.4 Å². The molecule has 11 nitrogen and oxygen atoms in total. The third kappa shape index (κ3) is 7.56. The van der Waals surface area contributed by atoms with E-state index in [9.17, 15) is 13.2 Å². The van der Waals surface area contributed by atoms with Crippen molar-refractivity contribution in [3.63, 3.8) is 0 Å². The summed E-state index contributed by atoms with van der Waals surface area (Å²) in [6, 6.07) is 13.1. The number of hydrogen-bond acceptors (Lipinski definition) is 9. The number of rotatable bonds is 6. The first-order valence-electron chi connectivity index (χ1n) is 14.8. The monoisotopic (exact) mass is 630 g/mol. The Morgan fingerprint density at radius 3 is 2.38 bits per heavy atom. The van der Waals surface area contributed by atoms with Crippen LogP contribution in [0.15, 0.2) is 65.8 Å². The lowest BCUT2D eigenvalue weighted by atomic mass is 9.87. The quantitative estimate of drug-likeness (QED) is 0.289. The normalized spacial score (nSPS) is 16.4. The Kier molecular flexibility index (Phi) is 9.06. The Labute approximate surface area is 264 Å². The summed E-state index contributed by atoms with van der Waals surface area (Å²) in [4.78, 5) is 33.7. The average Bonchev–Trinajstić information content (AvgIpc) is 2.98. The van der Waals surface area contributed by atoms with Gasteiger partial charge in [-0.25, -0.2) is 28.1 Å². The molecule has 0 saturated carbocycles. The maximum atomic E-state index is 14.2. The van der Waals surface area contributed by atoms with Gasteiger partial charge in [0.25, 0.3) is 15.9 Å². The van der Waals surface area contributed by atoms with Crippen molar-refractivity contribution in [2.24, 2.45) is 5.41 Å². The van der Waals surface area contributed by atoms with Crippen molar-refractivity contribution < 1.29 is 22.7 Å². The van der Waals surface area contributed by atoms with Gasteiger partial charge < -0.3 is 14.4 Å². The van der Waals surface area contributed by atoms with Gasteiger partial charge in [-0.3, -0.25) is 4.79 Å². The number of nitrogens with zero attached hydrogens (tertiary/aromatic N) is 5. The zero-order valence-electron chi connectivity index (χ0n) is 26.4. The van der Waals surface area contributed by atoms with Crippen LogP contribution in [0.1, 0.15) is 61.4 Å². The van der Waals surface area contributed by atoms with Crippen LogP contribution in [0.25, 0.3) is 11.3 Å². The Morgan fingerprint density at radius 1 is 1.02 bits per heavy atom. The van der Waals surface area contributed by atoms with Gasteiger partial charge in [0.15, 0.2) is 5.75 Å². The van der Waals surface area contributed by atoms with Crippen LogP contribution in [0.5, 0.6) is 11.6 Å². The van der Waals surface area contributed by atoms with Crippen LogP contribution in [0.4, 0.5) is 5.95 Å². The van der Waals surface area contributed by atoms with Gasteiger partial charge in [-0.2, -0.15) is 4.98 Å². The summed E-state index contributed by atoms with van der Waals surface area (Å²) in [5, 5.41) is 0. The smallest absolute Gasteiger partial charge is 0.264 e. The number of sulfonamides is 1. The summed E-state index contributed by atoms with van der Waals surface area (Å²) < 4.78 is 41.5. The molecule has 0 aliphatic carbocycles. The van der Waals surface area contributed by atoms with Gasteiger partial charge in [0.05, 0.1) is 42.2 Å². The highest BCUT2D eigenvalue weighted by Crippen LogP contribution is 2.31. The van der Waals surface area contributed by atoms with Gasteiger partial charge >= 0.3 is 0 Å². The second kappa shape index (κ2) is 12.8. The number of benzene rings is 2. The van der Waals surface area contributed by atoms with Crippen molar-refractivity contribution in [2.45, 2.75) is 65.4 Å². The van der Waals surface area contributed by atoms with E-state index in [1.807, 2.05) is 39.0 Å². The fourth-order valence-electron chi connectivity index (χ4n) is 5.36. The van der Waals surface area contributed by atoms with Gasteiger partial charge in [0, 0.05) is 17.2 Å². The minimum absolute atomic E-state index is 0.0627. The Bertz CT molecular complexity index is 1790. The van der Waals surface area contributed by atoms with Crippen LogP contribution in [0.2, 0.25) is 0 Å². The highest BCUT2D eigenvalue weighted by atomic mass is 32.2. The van der Waals surface area contributed by atoms with E-state index < -0.39 is 16.1 Å². The van der Waals surface area contributed by atoms with Crippen LogP contribution < -0.4 is 14.2 Å². The number of carbonyl (C=O) groups excluding carboxylic acids is 1. The number of nitrogens with one attached hydrogen (secondary N) is 1. The molecule has 0 radical (unpaired) electrons. The first-order valence-corrected chi connectivity index (χ1v) is 16.3. The molecule has 5 rings (SSSR count). The summed E-state index contributed by atoms with van der Waals surface area (Å²) in [6.45, 7) is 12.7. The lowest BCUT2D eigenvalue weighted by Crippen LogP contribution is -2.45.